The second kappa shape index (κ2) is 8.52. The van der Waals surface area contributed by atoms with E-state index >= 15 is 0 Å². The molecule has 138 valence electrons. The van der Waals surface area contributed by atoms with E-state index in [0.717, 1.165) is 4.90 Å². The molecule has 9 heteroatoms. The maximum absolute atomic E-state index is 12.6. The van der Waals surface area contributed by atoms with E-state index in [1.165, 1.54) is 18.5 Å². The summed E-state index contributed by atoms with van der Waals surface area (Å²) in [6.07, 6.45) is 0. The third kappa shape index (κ3) is 4.43. The molecule has 1 aliphatic rings. The van der Waals surface area contributed by atoms with Crippen molar-refractivity contribution in [3.05, 3.63) is 35.4 Å². The van der Waals surface area contributed by atoms with E-state index in [1.807, 2.05) is 0 Å². The standard InChI is InChI=1S/C16H22N2O6S/c1-23-10-7-17(8-11-24-2)25(21,22)12-9-18-15(19)13-5-3-4-6-14(13)16(18)20/h3-6H,7-12H2,1-2H3. The first-order valence-electron chi connectivity index (χ1n) is 7.83. The summed E-state index contributed by atoms with van der Waals surface area (Å²) in [5, 5.41) is 0. The van der Waals surface area contributed by atoms with Crippen molar-refractivity contribution < 1.29 is 27.5 Å². The van der Waals surface area contributed by atoms with Crippen LogP contribution >= 0.6 is 0 Å². The van der Waals surface area contributed by atoms with Gasteiger partial charge in [-0.1, -0.05) is 12.1 Å². The van der Waals surface area contributed by atoms with Crippen LogP contribution in [0.25, 0.3) is 0 Å². The van der Waals surface area contributed by atoms with Gasteiger partial charge < -0.3 is 9.47 Å². The van der Waals surface area contributed by atoms with Crippen molar-refractivity contribution in [3.63, 3.8) is 0 Å². The smallest absolute Gasteiger partial charge is 0.261 e. The molecular formula is C16H22N2O6S. The summed E-state index contributed by atoms with van der Waals surface area (Å²) in [6, 6.07) is 6.46. The SMILES string of the molecule is COCCN(CCOC)S(=O)(=O)CCN1C(=O)c2ccccc2C1=O. The number of nitrogens with zero attached hydrogens (tertiary/aromatic N) is 2. The number of ether oxygens (including phenoxy) is 2. The van der Waals surface area contributed by atoms with Gasteiger partial charge in [0.2, 0.25) is 10.0 Å². The second-order valence-electron chi connectivity index (χ2n) is 5.51. The lowest BCUT2D eigenvalue weighted by Crippen LogP contribution is -2.42. The minimum Gasteiger partial charge on any atom is -0.383 e. The van der Waals surface area contributed by atoms with Gasteiger partial charge in [0.05, 0.1) is 30.1 Å². The molecule has 0 aliphatic carbocycles. The van der Waals surface area contributed by atoms with E-state index in [-0.39, 0.29) is 38.6 Å². The minimum absolute atomic E-state index is 0.185. The van der Waals surface area contributed by atoms with Crippen LogP contribution in [0.5, 0.6) is 0 Å². The Labute approximate surface area is 147 Å². The van der Waals surface area contributed by atoms with Crippen molar-refractivity contribution >= 4 is 21.8 Å². The lowest BCUT2D eigenvalue weighted by molar-refractivity contribution is 0.0663. The van der Waals surface area contributed by atoms with Crippen LogP contribution in [0.15, 0.2) is 24.3 Å². The molecule has 0 unspecified atom stereocenters. The first-order chi connectivity index (χ1) is 11.9. The van der Waals surface area contributed by atoms with Crippen molar-refractivity contribution in [2.24, 2.45) is 0 Å². The second-order valence-corrected chi connectivity index (χ2v) is 7.60. The number of carbonyl (C=O) groups excluding carboxylic acids is 2. The number of benzene rings is 1. The molecule has 0 aromatic heterocycles. The zero-order valence-corrected chi connectivity index (χ0v) is 15.1. The number of amides is 2. The van der Waals surface area contributed by atoms with Crippen molar-refractivity contribution in [3.8, 4) is 0 Å². The van der Waals surface area contributed by atoms with Gasteiger partial charge in [0.25, 0.3) is 11.8 Å². The maximum atomic E-state index is 12.6. The number of imide groups is 1. The Morgan fingerprint density at radius 2 is 1.44 bits per heavy atom. The first kappa shape index (κ1) is 19.5. The molecule has 0 saturated heterocycles. The van der Waals surface area contributed by atoms with Crippen LogP contribution in [0.3, 0.4) is 0 Å². The Balaban J connectivity index is 2.06. The van der Waals surface area contributed by atoms with E-state index in [2.05, 4.69) is 0 Å². The highest BCUT2D eigenvalue weighted by Gasteiger charge is 2.36. The van der Waals surface area contributed by atoms with Crippen molar-refractivity contribution in [1.82, 2.24) is 9.21 Å². The zero-order valence-electron chi connectivity index (χ0n) is 14.3. The summed E-state index contributed by atoms with van der Waals surface area (Å²) in [5.74, 6) is -1.27. The van der Waals surface area contributed by atoms with Crippen LogP contribution < -0.4 is 0 Å². The minimum atomic E-state index is -3.66. The van der Waals surface area contributed by atoms with E-state index in [1.54, 1.807) is 24.3 Å². The molecule has 1 aromatic rings. The zero-order chi connectivity index (χ0) is 18.4. The van der Waals surface area contributed by atoms with Gasteiger partial charge in [-0.3, -0.25) is 14.5 Å². The number of fused-ring (bicyclic) bond motifs is 1. The van der Waals surface area contributed by atoms with E-state index < -0.39 is 21.8 Å². The molecule has 0 N–H and O–H groups in total. The van der Waals surface area contributed by atoms with Gasteiger partial charge in [-0.15, -0.1) is 0 Å². The lowest BCUT2D eigenvalue weighted by atomic mass is 10.1. The third-order valence-corrected chi connectivity index (χ3v) is 5.78. The van der Waals surface area contributed by atoms with E-state index in [0.29, 0.717) is 11.1 Å². The molecule has 2 amide bonds. The predicted molar refractivity (Wildman–Crippen MR) is 90.9 cm³/mol. The molecule has 0 radical (unpaired) electrons. The Morgan fingerprint density at radius 1 is 0.960 bits per heavy atom. The molecule has 8 nitrogen and oxygen atoms in total. The van der Waals surface area contributed by atoms with Gasteiger partial charge in [-0.25, -0.2) is 8.42 Å². The molecule has 0 spiro atoms. The first-order valence-corrected chi connectivity index (χ1v) is 9.44. The van der Waals surface area contributed by atoms with E-state index in [9.17, 15) is 18.0 Å². The van der Waals surface area contributed by atoms with Gasteiger partial charge >= 0.3 is 0 Å². The molecule has 0 fully saturated rings. The van der Waals surface area contributed by atoms with Crippen LogP contribution in [0.4, 0.5) is 0 Å². The Kier molecular flexibility index (Phi) is 6.65. The molecule has 1 heterocycles. The molecule has 0 bridgehead atoms. The highest BCUT2D eigenvalue weighted by Crippen LogP contribution is 2.22. The highest BCUT2D eigenvalue weighted by atomic mass is 32.2. The van der Waals surface area contributed by atoms with Gasteiger partial charge in [0.15, 0.2) is 0 Å². The summed E-state index contributed by atoms with van der Waals surface area (Å²) in [7, 11) is -0.689. The Hall–Kier alpha value is -1.81. The normalized spacial score (nSPS) is 14.4. The number of sulfonamides is 1. The highest BCUT2D eigenvalue weighted by molar-refractivity contribution is 7.89. The average Bonchev–Trinajstić information content (AvgIpc) is 2.84. The van der Waals surface area contributed by atoms with Crippen molar-refractivity contribution in [1.29, 1.82) is 0 Å². The van der Waals surface area contributed by atoms with Crippen molar-refractivity contribution in [2.45, 2.75) is 0 Å². The van der Waals surface area contributed by atoms with Crippen LogP contribution in [0.2, 0.25) is 0 Å². The average molecular weight is 370 g/mol. The number of rotatable bonds is 10. The van der Waals surface area contributed by atoms with Crippen molar-refractivity contribution in [2.75, 3.05) is 52.8 Å². The fourth-order valence-corrected chi connectivity index (χ4v) is 3.93. The Bertz CT molecular complexity index is 691. The summed E-state index contributed by atoms with van der Waals surface area (Å²) < 4.78 is 36.2. The summed E-state index contributed by atoms with van der Waals surface area (Å²) in [4.78, 5) is 25.6. The van der Waals surface area contributed by atoms with Crippen LogP contribution in [0, 0.1) is 0 Å². The fraction of sp³-hybridized carbons (Fsp3) is 0.500. The molecule has 0 atom stereocenters. The number of hydrogen-bond acceptors (Lipinski definition) is 6. The summed E-state index contributed by atoms with van der Waals surface area (Å²) >= 11 is 0. The molecule has 1 aliphatic heterocycles. The number of hydrogen-bond donors (Lipinski definition) is 0. The molecule has 1 aromatic carbocycles. The van der Waals surface area contributed by atoms with Crippen LogP contribution in [-0.2, 0) is 19.5 Å². The van der Waals surface area contributed by atoms with Crippen LogP contribution in [-0.4, -0.2) is 82.3 Å². The maximum Gasteiger partial charge on any atom is 0.261 e. The third-order valence-electron chi connectivity index (χ3n) is 3.93. The summed E-state index contributed by atoms with van der Waals surface area (Å²) in [6.45, 7) is 0.672. The Morgan fingerprint density at radius 3 is 1.88 bits per heavy atom. The molecule has 0 saturated carbocycles. The van der Waals surface area contributed by atoms with Gasteiger partial charge in [-0.05, 0) is 12.1 Å². The lowest BCUT2D eigenvalue weighted by Gasteiger charge is -2.23. The van der Waals surface area contributed by atoms with E-state index in [4.69, 9.17) is 9.47 Å². The molecular weight excluding hydrogens is 348 g/mol. The summed E-state index contributed by atoms with van der Waals surface area (Å²) in [5.41, 5.74) is 0.612. The monoisotopic (exact) mass is 370 g/mol. The quantitative estimate of drug-likeness (QED) is 0.547. The fourth-order valence-electron chi connectivity index (χ4n) is 2.55. The number of carbonyl (C=O) groups is 2. The topological polar surface area (TPSA) is 93.2 Å². The molecule has 25 heavy (non-hydrogen) atoms. The molecule has 2 rings (SSSR count). The van der Waals surface area contributed by atoms with Crippen LogP contribution in [0.1, 0.15) is 20.7 Å². The predicted octanol–water partition coefficient (Wildman–Crippen LogP) is 0.207. The number of methoxy groups -OCH3 is 2. The van der Waals surface area contributed by atoms with Gasteiger partial charge in [0.1, 0.15) is 0 Å². The van der Waals surface area contributed by atoms with Gasteiger partial charge in [0, 0.05) is 33.9 Å². The largest absolute Gasteiger partial charge is 0.383 e. The van der Waals surface area contributed by atoms with Gasteiger partial charge in [-0.2, -0.15) is 4.31 Å².